The van der Waals surface area contributed by atoms with E-state index in [1.165, 1.54) is 7.11 Å². The molecule has 5 nitrogen and oxygen atoms in total. The van der Waals surface area contributed by atoms with Gasteiger partial charge in [0.15, 0.2) is 0 Å². The van der Waals surface area contributed by atoms with Crippen LogP contribution in [-0.4, -0.2) is 48.7 Å². The predicted octanol–water partition coefficient (Wildman–Crippen LogP) is 2.64. The molecule has 0 saturated carbocycles. The highest BCUT2D eigenvalue weighted by atomic mass is 79.9. The third-order valence-electron chi connectivity index (χ3n) is 4.40. The Labute approximate surface area is 144 Å². The highest BCUT2D eigenvalue weighted by Gasteiger charge is 2.43. The fourth-order valence-electron chi connectivity index (χ4n) is 3.01. The molecule has 1 atom stereocenters. The number of carboxylic acids is 1. The lowest BCUT2D eigenvalue weighted by Gasteiger charge is -2.39. The Hall–Kier alpha value is -1.40. The van der Waals surface area contributed by atoms with Gasteiger partial charge in [0.2, 0.25) is 5.91 Å². The normalized spacial score (nSPS) is 21.3. The minimum Gasteiger partial charge on any atom is -0.481 e. The van der Waals surface area contributed by atoms with E-state index in [1.807, 2.05) is 25.1 Å². The average Bonchev–Trinajstić information content (AvgIpc) is 2.51. The molecule has 1 unspecified atom stereocenters. The molecular formula is C17H22BrNO4. The molecule has 1 saturated heterocycles. The lowest BCUT2D eigenvalue weighted by atomic mass is 9.80. The van der Waals surface area contributed by atoms with E-state index in [9.17, 15) is 14.7 Å². The molecule has 1 fully saturated rings. The van der Waals surface area contributed by atoms with Crippen LogP contribution in [0.4, 0.5) is 0 Å². The van der Waals surface area contributed by atoms with E-state index in [1.54, 1.807) is 4.90 Å². The maximum absolute atomic E-state index is 12.6. The fraction of sp³-hybridized carbons (Fsp3) is 0.529. The Kier molecular flexibility index (Phi) is 5.81. The molecular weight excluding hydrogens is 362 g/mol. The van der Waals surface area contributed by atoms with E-state index >= 15 is 0 Å². The summed E-state index contributed by atoms with van der Waals surface area (Å²) in [5, 5.41) is 9.55. The van der Waals surface area contributed by atoms with Crippen LogP contribution in [0, 0.1) is 12.3 Å². The molecule has 2 rings (SSSR count). The second-order valence-corrected chi connectivity index (χ2v) is 7.05. The van der Waals surface area contributed by atoms with Gasteiger partial charge in [-0.05, 0) is 37.0 Å². The Bertz CT molecular complexity index is 600. The van der Waals surface area contributed by atoms with Crippen molar-refractivity contribution in [2.45, 2.75) is 26.2 Å². The lowest BCUT2D eigenvalue weighted by molar-refractivity contribution is -0.159. The van der Waals surface area contributed by atoms with Crippen molar-refractivity contribution in [3.05, 3.63) is 33.8 Å². The van der Waals surface area contributed by atoms with Crippen LogP contribution >= 0.6 is 15.9 Å². The van der Waals surface area contributed by atoms with Crippen molar-refractivity contribution in [1.29, 1.82) is 0 Å². The SMILES string of the molecule is COCC1(C(=O)O)CCCN(C(=O)Cc2ccc(C)c(Br)c2)C1. The minimum atomic E-state index is -0.990. The fourth-order valence-corrected chi connectivity index (χ4v) is 3.43. The molecule has 1 amide bonds. The zero-order chi connectivity index (χ0) is 17.0. The third-order valence-corrected chi connectivity index (χ3v) is 5.25. The Balaban J connectivity index is 2.09. The van der Waals surface area contributed by atoms with Gasteiger partial charge >= 0.3 is 5.97 Å². The van der Waals surface area contributed by atoms with Gasteiger partial charge in [-0.15, -0.1) is 0 Å². The highest BCUT2D eigenvalue weighted by Crippen LogP contribution is 2.31. The maximum Gasteiger partial charge on any atom is 0.313 e. The number of rotatable bonds is 5. The third kappa shape index (κ3) is 4.12. The van der Waals surface area contributed by atoms with E-state index in [2.05, 4.69) is 15.9 Å². The zero-order valence-electron chi connectivity index (χ0n) is 13.5. The molecule has 1 heterocycles. The number of carbonyl (C=O) groups excluding carboxylic acids is 1. The van der Waals surface area contributed by atoms with Crippen molar-refractivity contribution < 1.29 is 19.4 Å². The number of carboxylic acid groups (broad SMARTS) is 1. The zero-order valence-corrected chi connectivity index (χ0v) is 15.1. The standard InChI is InChI=1S/C17H22BrNO4/c1-12-4-5-13(8-14(12)18)9-15(20)19-7-3-6-17(10-19,11-23-2)16(21)22/h4-5,8H,3,6-7,9-11H2,1-2H3,(H,21,22). The van der Waals surface area contributed by atoms with Gasteiger partial charge < -0.3 is 14.7 Å². The molecule has 0 aliphatic carbocycles. The molecule has 1 aliphatic rings. The first-order valence-corrected chi connectivity index (χ1v) is 8.42. The predicted molar refractivity (Wildman–Crippen MR) is 90.3 cm³/mol. The number of likely N-dealkylation sites (tertiary alicyclic amines) is 1. The van der Waals surface area contributed by atoms with Crippen LogP contribution in [0.5, 0.6) is 0 Å². The van der Waals surface area contributed by atoms with Gasteiger partial charge in [0.25, 0.3) is 0 Å². The lowest BCUT2D eigenvalue weighted by Crippen LogP contribution is -2.52. The topological polar surface area (TPSA) is 66.8 Å². The van der Waals surface area contributed by atoms with Crippen LogP contribution in [-0.2, 0) is 20.7 Å². The van der Waals surface area contributed by atoms with E-state index in [0.29, 0.717) is 19.4 Å². The largest absolute Gasteiger partial charge is 0.481 e. The molecule has 6 heteroatoms. The van der Waals surface area contributed by atoms with Gasteiger partial charge in [-0.2, -0.15) is 0 Å². The summed E-state index contributed by atoms with van der Waals surface area (Å²) in [6.07, 6.45) is 1.50. The van der Waals surface area contributed by atoms with Gasteiger partial charge in [-0.3, -0.25) is 9.59 Å². The van der Waals surface area contributed by atoms with E-state index in [4.69, 9.17) is 4.74 Å². The molecule has 0 bridgehead atoms. The quantitative estimate of drug-likeness (QED) is 0.848. The molecule has 0 spiro atoms. The molecule has 0 aromatic heterocycles. The van der Waals surface area contributed by atoms with Crippen LogP contribution in [0.15, 0.2) is 22.7 Å². The van der Waals surface area contributed by atoms with Crippen LogP contribution in [0.3, 0.4) is 0 Å². The van der Waals surface area contributed by atoms with Gasteiger partial charge in [0, 0.05) is 24.7 Å². The van der Waals surface area contributed by atoms with Crippen LogP contribution in [0.2, 0.25) is 0 Å². The Morgan fingerprint density at radius 3 is 2.78 bits per heavy atom. The molecule has 0 radical (unpaired) electrons. The number of amides is 1. The first kappa shape index (κ1) is 17.9. The van der Waals surface area contributed by atoms with Crippen molar-refractivity contribution >= 4 is 27.8 Å². The van der Waals surface area contributed by atoms with Crippen LogP contribution in [0.1, 0.15) is 24.0 Å². The smallest absolute Gasteiger partial charge is 0.313 e. The number of hydrogen-bond acceptors (Lipinski definition) is 3. The number of benzene rings is 1. The van der Waals surface area contributed by atoms with Crippen molar-refractivity contribution in [3.63, 3.8) is 0 Å². The second-order valence-electron chi connectivity index (χ2n) is 6.20. The molecule has 126 valence electrons. The van der Waals surface area contributed by atoms with E-state index < -0.39 is 11.4 Å². The van der Waals surface area contributed by atoms with Gasteiger partial charge in [0.1, 0.15) is 5.41 Å². The van der Waals surface area contributed by atoms with Crippen molar-refractivity contribution in [3.8, 4) is 0 Å². The summed E-state index contributed by atoms with van der Waals surface area (Å²) in [6, 6.07) is 5.84. The number of methoxy groups -OCH3 is 1. The first-order chi connectivity index (χ1) is 10.9. The van der Waals surface area contributed by atoms with E-state index in [-0.39, 0.29) is 25.5 Å². The molecule has 1 aromatic carbocycles. The second kappa shape index (κ2) is 7.45. The number of carbonyl (C=O) groups is 2. The number of nitrogens with zero attached hydrogens (tertiary/aromatic N) is 1. The van der Waals surface area contributed by atoms with Crippen LogP contribution < -0.4 is 0 Å². The van der Waals surface area contributed by atoms with Gasteiger partial charge in [-0.1, -0.05) is 28.1 Å². The number of aliphatic carboxylic acids is 1. The summed E-state index contributed by atoms with van der Waals surface area (Å²) in [5.74, 6) is -0.933. The van der Waals surface area contributed by atoms with Gasteiger partial charge in [0.05, 0.1) is 13.0 Å². The maximum atomic E-state index is 12.6. The average molecular weight is 384 g/mol. The van der Waals surface area contributed by atoms with E-state index in [0.717, 1.165) is 15.6 Å². The summed E-state index contributed by atoms with van der Waals surface area (Å²) in [5.41, 5.74) is 1.05. The number of piperidine rings is 1. The monoisotopic (exact) mass is 383 g/mol. The summed E-state index contributed by atoms with van der Waals surface area (Å²) in [6.45, 7) is 2.93. The van der Waals surface area contributed by atoms with Gasteiger partial charge in [-0.25, -0.2) is 0 Å². The number of ether oxygens (including phenoxy) is 1. The van der Waals surface area contributed by atoms with Crippen molar-refractivity contribution in [2.24, 2.45) is 5.41 Å². The molecule has 1 aliphatic heterocycles. The molecule has 1 N–H and O–H groups in total. The molecule has 1 aromatic rings. The summed E-state index contributed by atoms with van der Waals surface area (Å²) < 4.78 is 6.07. The summed E-state index contributed by atoms with van der Waals surface area (Å²) in [4.78, 5) is 25.9. The summed E-state index contributed by atoms with van der Waals surface area (Å²) >= 11 is 3.47. The van der Waals surface area contributed by atoms with Crippen molar-refractivity contribution in [2.75, 3.05) is 26.8 Å². The summed E-state index contributed by atoms with van der Waals surface area (Å²) in [7, 11) is 1.50. The number of hydrogen-bond donors (Lipinski definition) is 1. The molecule has 23 heavy (non-hydrogen) atoms. The Morgan fingerprint density at radius 1 is 1.43 bits per heavy atom. The Morgan fingerprint density at radius 2 is 2.17 bits per heavy atom. The number of halogens is 1. The van der Waals surface area contributed by atoms with Crippen LogP contribution in [0.25, 0.3) is 0 Å². The van der Waals surface area contributed by atoms with Crippen molar-refractivity contribution in [1.82, 2.24) is 4.90 Å². The highest BCUT2D eigenvalue weighted by molar-refractivity contribution is 9.10. The minimum absolute atomic E-state index is 0.0396. The number of aryl methyl sites for hydroxylation is 1. The first-order valence-electron chi connectivity index (χ1n) is 7.63.